The molecule has 0 amide bonds. The van der Waals surface area contributed by atoms with Gasteiger partial charge in [0.15, 0.2) is 16.8 Å². The van der Waals surface area contributed by atoms with Gasteiger partial charge < -0.3 is 4.57 Å². The van der Waals surface area contributed by atoms with Gasteiger partial charge >= 0.3 is 0 Å². The summed E-state index contributed by atoms with van der Waals surface area (Å²) in [5.41, 5.74) is 1.43. The first-order valence-corrected chi connectivity index (χ1v) is 8.97. The van der Waals surface area contributed by atoms with Crippen LogP contribution in [0.3, 0.4) is 0 Å². The molecule has 0 saturated heterocycles. The van der Waals surface area contributed by atoms with Gasteiger partial charge in [-0.3, -0.25) is 14.9 Å². The SMILES string of the molecule is CCn1c(SCC(=O)c2ccccc2)nnc1-c1ccc([N+](=O)[O-])cc1. The molecule has 0 unspecified atom stereocenters. The molecule has 3 rings (SSSR count). The van der Waals surface area contributed by atoms with Crippen LogP contribution in [0.25, 0.3) is 11.4 Å². The molecule has 0 aliphatic carbocycles. The fourth-order valence-electron chi connectivity index (χ4n) is 2.46. The number of ketones is 1. The van der Waals surface area contributed by atoms with Crippen LogP contribution in [0.4, 0.5) is 5.69 Å². The highest BCUT2D eigenvalue weighted by Crippen LogP contribution is 2.26. The lowest BCUT2D eigenvalue weighted by Crippen LogP contribution is -2.05. The van der Waals surface area contributed by atoms with Crippen LogP contribution < -0.4 is 0 Å². The van der Waals surface area contributed by atoms with Crippen molar-refractivity contribution in [2.24, 2.45) is 0 Å². The van der Waals surface area contributed by atoms with E-state index in [2.05, 4.69) is 10.2 Å². The summed E-state index contributed by atoms with van der Waals surface area (Å²) in [6, 6.07) is 15.3. The minimum Gasteiger partial charge on any atom is -0.302 e. The Morgan fingerprint density at radius 2 is 1.81 bits per heavy atom. The van der Waals surface area contributed by atoms with Crippen molar-refractivity contribution in [3.05, 3.63) is 70.3 Å². The first-order valence-electron chi connectivity index (χ1n) is 7.99. The van der Waals surface area contributed by atoms with Gasteiger partial charge in [0.25, 0.3) is 5.69 Å². The van der Waals surface area contributed by atoms with E-state index in [9.17, 15) is 14.9 Å². The zero-order valence-electron chi connectivity index (χ0n) is 14.0. The Hall–Kier alpha value is -3.00. The fraction of sp³-hybridized carbons (Fsp3) is 0.167. The summed E-state index contributed by atoms with van der Waals surface area (Å²) in [5.74, 6) is 0.915. The van der Waals surface area contributed by atoms with Crippen LogP contribution in [0.5, 0.6) is 0 Å². The maximum atomic E-state index is 12.3. The quantitative estimate of drug-likeness (QED) is 0.272. The number of rotatable bonds is 7. The molecule has 1 heterocycles. The van der Waals surface area contributed by atoms with Gasteiger partial charge in [0.1, 0.15) is 0 Å². The van der Waals surface area contributed by atoms with Crippen LogP contribution >= 0.6 is 11.8 Å². The predicted molar refractivity (Wildman–Crippen MR) is 99.3 cm³/mol. The summed E-state index contributed by atoms with van der Waals surface area (Å²) in [4.78, 5) is 22.6. The molecule has 2 aromatic carbocycles. The predicted octanol–water partition coefficient (Wildman–Crippen LogP) is 3.85. The summed E-state index contributed by atoms with van der Waals surface area (Å²) in [7, 11) is 0. The summed E-state index contributed by atoms with van der Waals surface area (Å²) in [5, 5.41) is 19.8. The molecule has 8 heteroatoms. The van der Waals surface area contributed by atoms with Crippen LogP contribution in [0, 0.1) is 10.1 Å². The van der Waals surface area contributed by atoms with Gasteiger partial charge in [-0.2, -0.15) is 0 Å². The average molecular weight is 368 g/mol. The van der Waals surface area contributed by atoms with Crippen LogP contribution in [0.1, 0.15) is 17.3 Å². The van der Waals surface area contributed by atoms with Crippen molar-refractivity contribution in [3.63, 3.8) is 0 Å². The molecule has 0 bridgehead atoms. The number of hydrogen-bond acceptors (Lipinski definition) is 6. The third-order valence-corrected chi connectivity index (χ3v) is 4.76. The van der Waals surface area contributed by atoms with E-state index in [1.54, 1.807) is 24.3 Å². The fourth-order valence-corrected chi connectivity index (χ4v) is 3.36. The molecule has 0 fully saturated rings. The molecule has 0 saturated carbocycles. The number of non-ortho nitro benzene ring substituents is 1. The summed E-state index contributed by atoms with van der Waals surface area (Å²) in [6.07, 6.45) is 0. The van der Waals surface area contributed by atoms with Gasteiger partial charge in [-0.15, -0.1) is 10.2 Å². The van der Waals surface area contributed by atoms with Crippen molar-refractivity contribution in [1.29, 1.82) is 0 Å². The maximum absolute atomic E-state index is 12.3. The Labute approximate surface area is 154 Å². The molecular formula is C18H16N4O3S. The zero-order chi connectivity index (χ0) is 18.5. The van der Waals surface area contributed by atoms with E-state index in [-0.39, 0.29) is 17.2 Å². The Kier molecular flexibility index (Phi) is 5.43. The Morgan fingerprint density at radius 1 is 1.12 bits per heavy atom. The molecule has 0 spiro atoms. The van der Waals surface area contributed by atoms with Crippen LogP contribution in [-0.2, 0) is 6.54 Å². The molecule has 132 valence electrons. The number of Topliss-reactive ketones (excluding diaryl/α,β-unsaturated/α-hetero) is 1. The van der Waals surface area contributed by atoms with Crippen LogP contribution in [0.2, 0.25) is 0 Å². The second kappa shape index (κ2) is 7.92. The Morgan fingerprint density at radius 3 is 2.42 bits per heavy atom. The van der Waals surface area contributed by atoms with Gasteiger partial charge in [-0.1, -0.05) is 42.1 Å². The Balaban J connectivity index is 1.78. The van der Waals surface area contributed by atoms with Crippen LogP contribution in [-0.4, -0.2) is 31.2 Å². The third-order valence-electron chi connectivity index (χ3n) is 3.80. The number of carbonyl (C=O) groups is 1. The monoisotopic (exact) mass is 368 g/mol. The molecule has 0 aliphatic rings. The number of hydrogen-bond donors (Lipinski definition) is 0. The smallest absolute Gasteiger partial charge is 0.269 e. The minimum absolute atomic E-state index is 0.0261. The molecular weight excluding hydrogens is 352 g/mol. The molecule has 3 aromatic rings. The van der Waals surface area contributed by atoms with E-state index in [1.807, 2.05) is 29.7 Å². The maximum Gasteiger partial charge on any atom is 0.269 e. The van der Waals surface area contributed by atoms with Gasteiger partial charge in [-0.05, 0) is 19.1 Å². The highest BCUT2D eigenvalue weighted by molar-refractivity contribution is 7.99. The number of aromatic nitrogens is 3. The van der Waals surface area contributed by atoms with Crippen LogP contribution in [0.15, 0.2) is 59.8 Å². The number of thioether (sulfide) groups is 1. The first kappa shape index (κ1) is 17.8. The minimum atomic E-state index is -0.440. The molecule has 0 aliphatic heterocycles. The normalized spacial score (nSPS) is 10.7. The number of carbonyl (C=O) groups excluding carboxylic acids is 1. The lowest BCUT2D eigenvalue weighted by atomic mass is 10.2. The Bertz CT molecular complexity index is 923. The molecule has 0 N–H and O–H groups in total. The first-order chi connectivity index (χ1) is 12.6. The molecule has 0 radical (unpaired) electrons. The van der Waals surface area contributed by atoms with Crippen molar-refractivity contribution in [2.45, 2.75) is 18.6 Å². The van der Waals surface area contributed by atoms with E-state index in [0.717, 1.165) is 5.56 Å². The molecule has 7 nitrogen and oxygen atoms in total. The van der Waals surface area contributed by atoms with Crippen molar-refractivity contribution in [1.82, 2.24) is 14.8 Å². The van der Waals surface area contributed by atoms with Crippen molar-refractivity contribution < 1.29 is 9.72 Å². The largest absolute Gasteiger partial charge is 0.302 e. The summed E-state index contributed by atoms with van der Waals surface area (Å²) in [6.45, 7) is 2.59. The molecule has 26 heavy (non-hydrogen) atoms. The van der Waals surface area contributed by atoms with E-state index in [1.165, 1.54) is 23.9 Å². The highest BCUT2D eigenvalue weighted by Gasteiger charge is 2.16. The zero-order valence-corrected chi connectivity index (χ0v) is 14.8. The van der Waals surface area contributed by atoms with E-state index in [0.29, 0.717) is 23.1 Å². The van der Waals surface area contributed by atoms with Gasteiger partial charge in [0.05, 0.1) is 10.7 Å². The van der Waals surface area contributed by atoms with E-state index >= 15 is 0 Å². The van der Waals surface area contributed by atoms with Gasteiger partial charge in [0, 0.05) is 29.8 Å². The van der Waals surface area contributed by atoms with E-state index in [4.69, 9.17) is 0 Å². The lowest BCUT2D eigenvalue weighted by molar-refractivity contribution is -0.384. The van der Waals surface area contributed by atoms with Crippen molar-refractivity contribution in [2.75, 3.05) is 5.75 Å². The summed E-state index contributed by atoms with van der Waals surface area (Å²) < 4.78 is 1.89. The van der Waals surface area contributed by atoms with E-state index < -0.39 is 4.92 Å². The summed E-state index contributed by atoms with van der Waals surface area (Å²) >= 11 is 1.33. The number of nitro benzene ring substituents is 1. The average Bonchev–Trinajstić information content (AvgIpc) is 3.09. The van der Waals surface area contributed by atoms with Gasteiger partial charge in [0.2, 0.25) is 0 Å². The topological polar surface area (TPSA) is 90.9 Å². The second-order valence-corrected chi connectivity index (χ2v) is 6.37. The van der Waals surface area contributed by atoms with Gasteiger partial charge in [-0.25, -0.2) is 0 Å². The number of nitrogens with zero attached hydrogens (tertiary/aromatic N) is 4. The number of benzene rings is 2. The van der Waals surface area contributed by atoms with Crippen molar-refractivity contribution in [3.8, 4) is 11.4 Å². The molecule has 0 atom stereocenters. The standard InChI is InChI=1S/C18H16N4O3S/c1-2-21-17(14-8-10-15(11-9-14)22(24)25)19-20-18(21)26-12-16(23)13-6-4-3-5-7-13/h3-11H,2,12H2,1H3. The second-order valence-electron chi connectivity index (χ2n) is 5.43. The van der Waals surface area contributed by atoms with Crippen molar-refractivity contribution >= 4 is 23.2 Å². The lowest BCUT2D eigenvalue weighted by Gasteiger charge is -2.07. The number of nitro groups is 1. The molecule has 1 aromatic heterocycles. The third kappa shape index (κ3) is 3.80. The highest BCUT2D eigenvalue weighted by atomic mass is 32.2.